The lowest BCUT2D eigenvalue weighted by molar-refractivity contribution is -0.138. The van der Waals surface area contributed by atoms with Crippen LogP contribution >= 0.6 is 23.2 Å². The van der Waals surface area contributed by atoms with Crippen molar-refractivity contribution in [1.82, 2.24) is 0 Å². The smallest absolute Gasteiger partial charge is 0.417 e. The van der Waals surface area contributed by atoms with Crippen molar-refractivity contribution in [2.24, 2.45) is 17.8 Å². The van der Waals surface area contributed by atoms with Crippen LogP contribution < -0.4 is 9.47 Å². The molecule has 0 saturated heterocycles. The van der Waals surface area contributed by atoms with Gasteiger partial charge in [0.25, 0.3) is 0 Å². The Kier molecular flexibility index (Phi) is 23.3. The first-order valence-corrected chi connectivity index (χ1v) is 28.3. The highest BCUT2D eigenvalue weighted by atomic mass is 35.5. The first-order valence-electron chi connectivity index (χ1n) is 27.6. The molecule has 0 radical (unpaired) electrons. The van der Waals surface area contributed by atoms with Gasteiger partial charge in [0.05, 0.1) is 47.2 Å². The summed E-state index contributed by atoms with van der Waals surface area (Å²) in [5, 5.41) is 17.7. The summed E-state index contributed by atoms with van der Waals surface area (Å²) < 4.78 is 93.7. The van der Waals surface area contributed by atoms with Crippen LogP contribution in [0.5, 0.6) is 11.5 Å². The number of benzene rings is 8. The second-order valence-corrected chi connectivity index (χ2v) is 21.6. The van der Waals surface area contributed by atoms with Crippen LogP contribution in [0.25, 0.3) is 0 Å². The van der Waals surface area contributed by atoms with Crippen molar-refractivity contribution in [3.63, 3.8) is 0 Å². The molecule has 0 aliphatic rings. The molecule has 8 aromatic carbocycles. The van der Waals surface area contributed by atoms with Crippen molar-refractivity contribution < 1.29 is 55.6 Å². The summed E-state index contributed by atoms with van der Waals surface area (Å²) in [6.07, 6.45) is -5.01. The predicted molar refractivity (Wildman–Crippen MR) is 316 cm³/mol. The van der Waals surface area contributed by atoms with Gasteiger partial charge in [0.2, 0.25) is 0 Å². The molecule has 0 saturated carbocycles. The van der Waals surface area contributed by atoms with Crippen LogP contribution in [0, 0.1) is 17.8 Å². The fraction of sp³-hybridized carbons (Fsp3) is 0.275. The lowest BCUT2D eigenvalue weighted by Crippen LogP contribution is -2.21. The summed E-state index contributed by atoms with van der Waals surface area (Å²) in [6.45, 7) is 2.87. The normalized spacial score (nSPS) is 12.7. The minimum absolute atomic E-state index is 0.0154. The molecule has 3 unspecified atom stereocenters. The van der Waals surface area contributed by atoms with Gasteiger partial charge in [-0.2, -0.15) is 26.3 Å². The molecule has 2 N–H and O–H groups in total. The summed E-state index contributed by atoms with van der Waals surface area (Å²) >= 11 is 12.7. The zero-order valence-corrected chi connectivity index (χ0v) is 47.4. The van der Waals surface area contributed by atoms with Gasteiger partial charge < -0.3 is 19.7 Å². The molecule has 0 amide bonds. The van der Waals surface area contributed by atoms with E-state index in [2.05, 4.69) is 55.5 Å². The Morgan fingerprint density at radius 2 is 0.855 bits per heavy atom. The van der Waals surface area contributed by atoms with Crippen molar-refractivity contribution >= 4 is 35.1 Å². The zero-order chi connectivity index (χ0) is 59.4. The average Bonchev–Trinajstić information content (AvgIpc) is 3.61. The van der Waals surface area contributed by atoms with Gasteiger partial charge in [0.1, 0.15) is 11.5 Å². The van der Waals surface area contributed by atoms with E-state index in [1.54, 1.807) is 60.7 Å². The molecule has 83 heavy (non-hydrogen) atoms. The molecule has 0 fully saturated rings. The number of rotatable bonds is 26. The minimum Gasteiger partial charge on any atom is -0.494 e. The molecule has 0 spiro atoms. The Morgan fingerprint density at radius 3 is 1.27 bits per heavy atom. The number of hydrogen-bond acceptors (Lipinski definition) is 4. The topological polar surface area (TPSA) is 93.1 Å². The van der Waals surface area contributed by atoms with Crippen LogP contribution in [0.4, 0.5) is 26.3 Å². The second-order valence-electron chi connectivity index (χ2n) is 20.8. The maximum atomic E-state index is 13.7. The molecule has 3 atom stereocenters. The van der Waals surface area contributed by atoms with Crippen LogP contribution in [-0.2, 0) is 47.6 Å². The first-order chi connectivity index (χ1) is 39.8. The first kappa shape index (κ1) is 63.0. The van der Waals surface area contributed by atoms with E-state index in [0.29, 0.717) is 91.9 Å². The van der Waals surface area contributed by atoms with Crippen LogP contribution in [0.1, 0.15) is 106 Å². The molecule has 0 aliphatic heterocycles. The van der Waals surface area contributed by atoms with E-state index in [0.717, 1.165) is 34.4 Å². The van der Waals surface area contributed by atoms with E-state index >= 15 is 0 Å². The Bertz CT molecular complexity index is 3210. The molecule has 14 heteroatoms. The number of carboxylic acid groups (broad SMARTS) is 2. The van der Waals surface area contributed by atoms with Crippen LogP contribution in [0.3, 0.4) is 0 Å². The maximum Gasteiger partial charge on any atom is 0.417 e. The van der Waals surface area contributed by atoms with E-state index in [4.69, 9.17) is 42.9 Å². The van der Waals surface area contributed by atoms with Crippen molar-refractivity contribution in [1.29, 1.82) is 0 Å². The Hall–Kier alpha value is -7.54. The summed E-state index contributed by atoms with van der Waals surface area (Å²) in [5.41, 5.74) is 5.20. The van der Waals surface area contributed by atoms with Gasteiger partial charge in [-0.15, -0.1) is 0 Å². The molecule has 6 nitrogen and oxygen atoms in total. The molecule has 434 valence electrons. The summed E-state index contributed by atoms with van der Waals surface area (Å²) in [4.78, 5) is 22.1. The molecule has 8 aromatic rings. The second kappa shape index (κ2) is 30.7. The molecule has 8 rings (SSSR count). The van der Waals surface area contributed by atoms with E-state index in [-0.39, 0.29) is 52.5 Å². The number of halogens is 8. The third-order valence-electron chi connectivity index (χ3n) is 14.9. The fourth-order valence-electron chi connectivity index (χ4n) is 10.6. The third kappa shape index (κ3) is 19.5. The standard InChI is InChI=1S/C35H34ClF3O3.C34H32ClF3O3/c1-24(18-19-42-30-16-8-10-25(20-30)21-33(40)41)29(22-28-15-9-17-32(34(28)36)35(37,38)39)23-31(26-11-4-2-5-12-26)27-13-6-3-7-14-27;35-33-28(16-8-18-31(33)34(36,37)38)20-24(11-9-19-41-29-17-7-10-25(21-29)23-32(39)40)22-30(26-12-3-1-4-13-26)27-14-5-2-6-15-27/h2-17,20,24,29,31H,18-19,21-23H2,1H3,(H,40,41);1-8,10,12-18,21,24,30H,9,11,19-20,22-23H2,(H,39,40). The van der Waals surface area contributed by atoms with Crippen molar-refractivity contribution in [2.75, 3.05) is 13.2 Å². The maximum absolute atomic E-state index is 13.7. The van der Waals surface area contributed by atoms with E-state index in [1.165, 1.54) is 12.1 Å². The van der Waals surface area contributed by atoms with E-state index < -0.39 is 35.4 Å². The highest BCUT2D eigenvalue weighted by molar-refractivity contribution is 6.32. The van der Waals surface area contributed by atoms with E-state index in [1.807, 2.05) is 72.8 Å². The monoisotopic (exact) mass is 1170 g/mol. The highest BCUT2D eigenvalue weighted by Gasteiger charge is 2.36. The fourth-order valence-corrected chi connectivity index (χ4v) is 11.3. The third-order valence-corrected chi connectivity index (χ3v) is 15.7. The zero-order valence-electron chi connectivity index (χ0n) is 45.8. The van der Waals surface area contributed by atoms with Gasteiger partial charge in [0.15, 0.2) is 0 Å². The highest BCUT2D eigenvalue weighted by Crippen LogP contribution is 2.42. The summed E-state index contributed by atoms with van der Waals surface area (Å²) in [5.74, 6) is -0.474. The summed E-state index contributed by atoms with van der Waals surface area (Å²) in [7, 11) is 0. The van der Waals surface area contributed by atoms with Crippen molar-refractivity contribution in [3.05, 3.63) is 272 Å². The van der Waals surface area contributed by atoms with Gasteiger partial charge in [-0.25, -0.2) is 0 Å². The lowest BCUT2D eigenvalue weighted by atomic mass is 9.76. The number of ether oxygens (including phenoxy) is 2. The minimum atomic E-state index is -4.53. The molecule has 0 bridgehead atoms. The quantitative estimate of drug-likeness (QED) is 0.0415. The van der Waals surface area contributed by atoms with Gasteiger partial charge in [-0.05, 0) is 144 Å². The van der Waals surface area contributed by atoms with Crippen LogP contribution in [0.2, 0.25) is 10.0 Å². The number of aliphatic carboxylic acids is 2. The number of carboxylic acids is 2. The SMILES string of the molecule is CC(CCOc1cccc(CC(=O)O)c1)C(Cc1cccc(C(F)(F)F)c1Cl)CC(c1ccccc1)c1ccccc1.O=C(O)Cc1cccc(OCCCC(Cc2cccc(C(F)(F)F)c2Cl)CC(c2ccccc2)c2ccccc2)c1. The van der Waals surface area contributed by atoms with Gasteiger partial charge in [-0.3, -0.25) is 9.59 Å². The number of hydrogen-bond donors (Lipinski definition) is 2. The van der Waals surface area contributed by atoms with Crippen LogP contribution in [0.15, 0.2) is 206 Å². The Labute approximate surface area is 491 Å². The Balaban J connectivity index is 0.000000239. The largest absolute Gasteiger partial charge is 0.494 e. The number of alkyl halides is 6. The number of carbonyl (C=O) groups is 2. The van der Waals surface area contributed by atoms with Crippen molar-refractivity contribution in [3.8, 4) is 11.5 Å². The van der Waals surface area contributed by atoms with Gasteiger partial charge >= 0.3 is 24.3 Å². The molecular weight excluding hydrogens is 1110 g/mol. The average molecular weight is 1180 g/mol. The molecule has 0 heterocycles. The van der Waals surface area contributed by atoms with E-state index in [9.17, 15) is 35.9 Å². The van der Waals surface area contributed by atoms with Crippen molar-refractivity contribution in [2.45, 2.75) is 88.9 Å². The lowest BCUT2D eigenvalue weighted by Gasteiger charge is -2.30. The Morgan fingerprint density at radius 1 is 0.470 bits per heavy atom. The molecular formula is C69H66Cl2F6O6. The molecule has 0 aliphatic carbocycles. The predicted octanol–water partition coefficient (Wildman–Crippen LogP) is 18.7. The van der Waals surface area contributed by atoms with Gasteiger partial charge in [0, 0.05) is 11.8 Å². The van der Waals surface area contributed by atoms with Crippen LogP contribution in [-0.4, -0.2) is 35.4 Å². The summed E-state index contributed by atoms with van der Waals surface area (Å²) in [6, 6.07) is 62.8. The molecule has 0 aromatic heterocycles. The van der Waals surface area contributed by atoms with Gasteiger partial charge in [-0.1, -0.05) is 200 Å².